The monoisotopic (exact) mass is 224 g/mol. The first kappa shape index (κ1) is 11.7. The number of nitriles is 1. The number of rotatable bonds is 4. The molecule has 1 rings (SSSR count). The number of hydrogen-bond acceptors (Lipinski definition) is 3. The molecule has 1 N–H and O–H groups in total. The SMILES string of the molecule is CS(=O)(=O)N[C@@H](CC#N)c1ccccc1. The molecule has 0 heterocycles. The van der Waals surface area contributed by atoms with E-state index in [9.17, 15) is 8.42 Å². The van der Waals surface area contributed by atoms with Gasteiger partial charge in [-0.15, -0.1) is 0 Å². The maximum Gasteiger partial charge on any atom is 0.209 e. The van der Waals surface area contributed by atoms with Gasteiger partial charge >= 0.3 is 0 Å². The third-order valence-corrected chi connectivity index (χ3v) is 2.57. The molecule has 5 heteroatoms. The first-order valence-electron chi connectivity index (χ1n) is 4.42. The molecule has 0 fully saturated rings. The summed E-state index contributed by atoms with van der Waals surface area (Å²) in [6, 6.07) is 10.5. The van der Waals surface area contributed by atoms with Crippen LogP contribution >= 0.6 is 0 Å². The molecule has 15 heavy (non-hydrogen) atoms. The van der Waals surface area contributed by atoms with Crippen LogP contribution in [0.4, 0.5) is 0 Å². The van der Waals surface area contributed by atoms with Gasteiger partial charge in [0.2, 0.25) is 10.0 Å². The first-order chi connectivity index (χ1) is 7.03. The highest BCUT2D eigenvalue weighted by Gasteiger charge is 2.14. The highest BCUT2D eigenvalue weighted by atomic mass is 32.2. The molecule has 0 unspecified atom stereocenters. The fourth-order valence-corrected chi connectivity index (χ4v) is 2.00. The van der Waals surface area contributed by atoms with Crippen molar-refractivity contribution >= 4 is 10.0 Å². The summed E-state index contributed by atoms with van der Waals surface area (Å²) >= 11 is 0. The largest absolute Gasteiger partial charge is 0.213 e. The van der Waals surface area contributed by atoms with Crippen molar-refractivity contribution in [1.29, 1.82) is 5.26 Å². The Labute approximate surface area is 89.6 Å². The van der Waals surface area contributed by atoms with Crippen LogP contribution in [0.1, 0.15) is 18.0 Å². The highest BCUT2D eigenvalue weighted by molar-refractivity contribution is 7.88. The molecular formula is C10H12N2O2S. The van der Waals surface area contributed by atoms with E-state index in [1.165, 1.54) is 0 Å². The van der Waals surface area contributed by atoms with Crippen LogP contribution in [0.3, 0.4) is 0 Å². The Kier molecular flexibility index (Phi) is 3.83. The van der Waals surface area contributed by atoms with Gasteiger partial charge in [0.1, 0.15) is 0 Å². The zero-order chi connectivity index (χ0) is 11.3. The lowest BCUT2D eigenvalue weighted by Crippen LogP contribution is -2.27. The van der Waals surface area contributed by atoms with E-state index in [0.29, 0.717) is 0 Å². The number of benzene rings is 1. The number of nitrogens with zero attached hydrogens (tertiary/aromatic N) is 1. The van der Waals surface area contributed by atoms with Crippen LogP contribution in [0, 0.1) is 11.3 Å². The van der Waals surface area contributed by atoms with E-state index in [1.54, 1.807) is 12.1 Å². The lowest BCUT2D eigenvalue weighted by molar-refractivity contribution is 0.565. The van der Waals surface area contributed by atoms with Crippen molar-refractivity contribution in [3.63, 3.8) is 0 Å². The first-order valence-corrected chi connectivity index (χ1v) is 6.31. The van der Waals surface area contributed by atoms with Crippen molar-refractivity contribution in [3.05, 3.63) is 35.9 Å². The molecule has 0 bridgehead atoms. The molecule has 0 radical (unpaired) electrons. The predicted molar refractivity (Wildman–Crippen MR) is 57.4 cm³/mol. The van der Waals surface area contributed by atoms with Gasteiger partial charge < -0.3 is 0 Å². The summed E-state index contributed by atoms with van der Waals surface area (Å²) in [5.41, 5.74) is 0.796. The third-order valence-electron chi connectivity index (χ3n) is 1.85. The van der Waals surface area contributed by atoms with Crippen LogP contribution in [-0.2, 0) is 10.0 Å². The molecule has 0 spiro atoms. The Hall–Kier alpha value is -1.38. The summed E-state index contributed by atoms with van der Waals surface area (Å²) < 4.78 is 24.6. The van der Waals surface area contributed by atoms with Gasteiger partial charge in [-0.2, -0.15) is 5.26 Å². The van der Waals surface area contributed by atoms with E-state index < -0.39 is 16.1 Å². The summed E-state index contributed by atoms with van der Waals surface area (Å²) in [4.78, 5) is 0. The zero-order valence-corrected chi connectivity index (χ0v) is 9.16. The van der Waals surface area contributed by atoms with Crippen molar-refractivity contribution < 1.29 is 8.42 Å². The van der Waals surface area contributed by atoms with Crippen LogP contribution in [-0.4, -0.2) is 14.7 Å². The van der Waals surface area contributed by atoms with Gasteiger partial charge in [0.15, 0.2) is 0 Å². The number of sulfonamides is 1. The van der Waals surface area contributed by atoms with E-state index in [0.717, 1.165) is 11.8 Å². The molecule has 0 aliphatic rings. The van der Waals surface area contributed by atoms with Gasteiger partial charge in [-0.1, -0.05) is 30.3 Å². The average molecular weight is 224 g/mol. The number of nitrogens with one attached hydrogen (secondary N) is 1. The lowest BCUT2D eigenvalue weighted by atomic mass is 10.1. The van der Waals surface area contributed by atoms with Crippen LogP contribution in [0.2, 0.25) is 0 Å². The quantitative estimate of drug-likeness (QED) is 0.835. The Morgan fingerprint density at radius 2 is 2.00 bits per heavy atom. The highest BCUT2D eigenvalue weighted by Crippen LogP contribution is 2.16. The standard InChI is InChI=1S/C10H12N2O2S/c1-15(13,14)12-10(7-8-11)9-5-3-2-4-6-9/h2-6,10,12H,7H2,1H3/t10-/m0/s1. The topological polar surface area (TPSA) is 70.0 Å². The fourth-order valence-electron chi connectivity index (χ4n) is 1.26. The minimum Gasteiger partial charge on any atom is -0.213 e. The second kappa shape index (κ2) is 4.91. The van der Waals surface area contributed by atoms with E-state index in [4.69, 9.17) is 5.26 Å². The Bertz CT molecular complexity index is 448. The third kappa shape index (κ3) is 4.11. The molecule has 80 valence electrons. The molecule has 1 aromatic carbocycles. The van der Waals surface area contributed by atoms with Gasteiger partial charge in [0, 0.05) is 0 Å². The van der Waals surface area contributed by atoms with Gasteiger partial charge in [0.05, 0.1) is 24.8 Å². The van der Waals surface area contributed by atoms with Gasteiger partial charge in [0.25, 0.3) is 0 Å². The van der Waals surface area contributed by atoms with Crippen molar-refractivity contribution in [2.24, 2.45) is 0 Å². The Morgan fingerprint density at radius 3 is 2.47 bits per heavy atom. The van der Waals surface area contributed by atoms with Gasteiger partial charge in [-0.3, -0.25) is 0 Å². The molecular weight excluding hydrogens is 212 g/mol. The minimum absolute atomic E-state index is 0.122. The van der Waals surface area contributed by atoms with Crippen molar-refractivity contribution in [2.45, 2.75) is 12.5 Å². The van der Waals surface area contributed by atoms with Crippen molar-refractivity contribution in [1.82, 2.24) is 4.72 Å². The maximum absolute atomic E-state index is 11.1. The van der Waals surface area contributed by atoms with Crippen LogP contribution in [0.15, 0.2) is 30.3 Å². The Morgan fingerprint density at radius 1 is 1.40 bits per heavy atom. The molecule has 0 amide bonds. The second-order valence-electron chi connectivity index (χ2n) is 3.22. The molecule has 1 aromatic rings. The van der Waals surface area contributed by atoms with Crippen LogP contribution < -0.4 is 4.72 Å². The zero-order valence-electron chi connectivity index (χ0n) is 8.34. The average Bonchev–Trinajstić information content (AvgIpc) is 2.17. The summed E-state index contributed by atoms with van der Waals surface area (Å²) in [6.07, 6.45) is 1.21. The molecule has 0 saturated heterocycles. The van der Waals surface area contributed by atoms with E-state index in [1.807, 2.05) is 24.3 Å². The van der Waals surface area contributed by atoms with E-state index >= 15 is 0 Å². The molecule has 0 saturated carbocycles. The van der Waals surface area contributed by atoms with Crippen LogP contribution in [0.25, 0.3) is 0 Å². The van der Waals surface area contributed by atoms with E-state index in [2.05, 4.69) is 4.72 Å². The molecule has 0 aliphatic heterocycles. The molecule has 0 aromatic heterocycles. The lowest BCUT2D eigenvalue weighted by Gasteiger charge is -2.14. The summed E-state index contributed by atoms with van der Waals surface area (Å²) in [6.45, 7) is 0. The second-order valence-corrected chi connectivity index (χ2v) is 5.00. The van der Waals surface area contributed by atoms with Gasteiger partial charge in [-0.05, 0) is 5.56 Å². The summed E-state index contributed by atoms with van der Waals surface area (Å²) in [5.74, 6) is 0. The van der Waals surface area contributed by atoms with Crippen molar-refractivity contribution in [3.8, 4) is 6.07 Å². The van der Waals surface area contributed by atoms with Gasteiger partial charge in [-0.25, -0.2) is 13.1 Å². The Balaban J connectivity index is 2.90. The molecule has 4 nitrogen and oxygen atoms in total. The smallest absolute Gasteiger partial charge is 0.209 e. The van der Waals surface area contributed by atoms with Crippen LogP contribution in [0.5, 0.6) is 0 Å². The summed E-state index contributed by atoms with van der Waals surface area (Å²) in [7, 11) is -3.29. The predicted octanol–water partition coefficient (Wildman–Crippen LogP) is 1.19. The van der Waals surface area contributed by atoms with E-state index in [-0.39, 0.29) is 6.42 Å². The fraction of sp³-hybridized carbons (Fsp3) is 0.300. The molecule has 1 atom stereocenters. The number of hydrogen-bond donors (Lipinski definition) is 1. The minimum atomic E-state index is -3.29. The maximum atomic E-state index is 11.1. The summed E-state index contributed by atoms with van der Waals surface area (Å²) in [5, 5.41) is 8.61. The van der Waals surface area contributed by atoms with Crippen molar-refractivity contribution in [2.75, 3.05) is 6.26 Å². The molecule has 0 aliphatic carbocycles. The normalized spacial score (nSPS) is 13.1.